The Morgan fingerprint density at radius 2 is 1.77 bits per heavy atom. The summed E-state index contributed by atoms with van der Waals surface area (Å²) in [5, 5.41) is 18.5. The maximum absolute atomic E-state index is 13.2. The maximum atomic E-state index is 13.2. The molecule has 220 valence electrons. The second-order valence-corrected chi connectivity index (χ2v) is 11.7. The molecule has 1 aliphatic heterocycles. The Morgan fingerprint density at radius 3 is 2.42 bits per heavy atom. The third-order valence-corrected chi connectivity index (χ3v) is 8.62. The lowest BCUT2D eigenvalue weighted by Gasteiger charge is -2.27. The van der Waals surface area contributed by atoms with E-state index in [4.69, 9.17) is 4.74 Å². The first-order valence-electron chi connectivity index (χ1n) is 13.1. The molecule has 15 heteroatoms. The Labute approximate surface area is 230 Å². The van der Waals surface area contributed by atoms with Gasteiger partial charge < -0.3 is 25.8 Å². The van der Waals surface area contributed by atoms with E-state index in [0.717, 1.165) is 0 Å². The first kappa shape index (κ1) is 30.0. The van der Waals surface area contributed by atoms with E-state index in [1.807, 2.05) is 0 Å². The highest BCUT2D eigenvalue weighted by Gasteiger charge is 2.28. The van der Waals surface area contributed by atoms with Gasteiger partial charge in [-0.05, 0) is 56.4 Å². The van der Waals surface area contributed by atoms with Crippen LogP contribution < -0.4 is 16.0 Å². The Balaban J connectivity index is 1.46. The smallest absolute Gasteiger partial charge is 0.389 e. The molecule has 0 atom stereocenters. The number of sulfonamides is 1. The second-order valence-electron chi connectivity index (χ2n) is 9.75. The van der Waals surface area contributed by atoms with E-state index in [1.54, 1.807) is 0 Å². The van der Waals surface area contributed by atoms with Crippen LogP contribution in [0, 0.1) is 0 Å². The van der Waals surface area contributed by atoms with Crippen LogP contribution in [0.25, 0.3) is 0 Å². The van der Waals surface area contributed by atoms with Crippen LogP contribution in [0.1, 0.15) is 48.9 Å². The summed E-state index contributed by atoms with van der Waals surface area (Å²) in [6, 6.07) is 5.73. The van der Waals surface area contributed by atoms with Crippen LogP contribution >= 0.6 is 0 Å². The van der Waals surface area contributed by atoms with Crippen molar-refractivity contribution in [3.63, 3.8) is 0 Å². The summed E-state index contributed by atoms with van der Waals surface area (Å²) in [5.41, 5.74) is 0.462. The molecule has 4 N–H and O–H groups in total. The molecular formula is C25H33F3N6O5S. The number of anilines is 3. The molecule has 11 nitrogen and oxygen atoms in total. The fourth-order valence-electron chi connectivity index (χ4n) is 4.49. The minimum Gasteiger partial charge on any atom is -0.393 e. The number of benzene rings is 1. The molecule has 0 spiro atoms. The molecule has 40 heavy (non-hydrogen) atoms. The number of aliphatic hydroxyl groups excluding tert-OH is 1. The van der Waals surface area contributed by atoms with Gasteiger partial charge in [0.2, 0.25) is 16.0 Å². The van der Waals surface area contributed by atoms with Gasteiger partial charge >= 0.3 is 6.18 Å². The zero-order chi connectivity index (χ0) is 28.8. The van der Waals surface area contributed by atoms with Gasteiger partial charge in [0.25, 0.3) is 5.91 Å². The second kappa shape index (κ2) is 13.1. The number of alkyl halides is 3. The van der Waals surface area contributed by atoms with Crippen molar-refractivity contribution in [3.8, 4) is 0 Å². The fourth-order valence-corrected chi connectivity index (χ4v) is 5.90. The average Bonchev–Trinajstić information content (AvgIpc) is 2.93. The Kier molecular flexibility index (Phi) is 9.81. The Morgan fingerprint density at radius 1 is 1.10 bits per heavy atom. The third kappa shape index (κ3) is 8.25. The highest BCUT2D eigenvalue weighted by Crippen LogP contribution is 2.26. The van der Waals surface area contributed by atoms with Crippen LogP contribution in [0.5, 0.6) is 0 Å². The van der Waals surface area contributed by atoms with E-state index in [-0.39, 0.29) is 60.4 Å². The summed E-state index contributed by atoms with van der Waals surface area (Å²) >= 11 is 0. The third-order valence-electron chi connectivity index (χ3n) is 6.71. The van der Waals surface area contributed by atoms with Crippen LogP contribution in [0.15, 0.2) is 35.4 Å². The number of hydrogen-bond acceptors (Lipinski definition) is 9. The quantitative estimate of drug-likeness (QED) is 0.308. The molecule has 0 bridgehead atoms. The lowest BCUT2D eigenvalue weighted by atomic mass is 9.93. The van der Waals surface area contributed by atoms with Gasteiger partial charge in [-0.2, -0.15) is 22.5 Å². The van der Waals surface area contributed by atoms with Crippen molar-refractivity contribution in [1.82, 2.24) is 14.3 Å². The van der Waals surface area contributed by atoms with E-state index < -0.39 is 28.5 Å². The first-order valence-corrected chi connectivity index (χ1v) is 14.6. The van der Waals surface area contributed by atoms with Gasteiger partial charge in [0.15, 0.2) is 0 Å². The van der Waals surface area contributed by atoms with Crippen molar-refractivity contribution < 1.29 is 36.2 Å². The number of carbonyl (C=O) groups is 1. The number of nitrogens with zero attached hydrogens (tertiary/aromatic N) is 3. The summed E-state index contributed by atoms with van der Waals surface area (Å²) in [6.45, 7) is 1.19. The number of carbonyl (C=O) groups excluding carboxylic acids is 1. The van der Waals surface area contributed by atoms with Gasteiger partial charge in [-0.1, -0.05) is 0 Å². The van der Waals surface area contributed by atoms with E-state index in [2.05, 4.69) is 25.9 Å². The highest BCUT2D eigenvalue weighted by atomic mass is 32.2. The number of amides is 1. The molecule has 0 unspecified atom stereocenters. The Bertz CT molecular complexity index is 1250. The standard InChI is InChI=1S/C25H33F3N6O5S/c26-25(27,28)10-1-11-29-24-30-16-21(22(33-24)31-17-2-6-19(35)7-3-17)23(36)32-18-4-8-20(9-5-18)40(37,38)34-12-14-39-15-13-34/h4-5,8-9,16-17,19,35H,1-3,6-7,10-15H2,(H,32,36)(H2,29,30,31,33)/t17-,19-. The van der Waals surface area contributed by atoms with E-state index >= 15 is 0 Å². The summed E-state index contributed by atoms with van der Waals surface area (Å²) < 4.78 is 69.6. The Hall–Kier alpha value is -3.01. The zero-order valence-corrected chi connectivity index (χ0v) is 22.6. The molecule has 2 aromatic rings. The number of ether oxygens (including phenoxy) is 1. The van der Waals surface area contributed by atoms with Crippen molar-refractivity contribution in [2.24, 2.45) is 0 Å². The molecule has 2 heterocycles. The number of rotatable bonds is 10. The fraction of sp³-hybridized carbons (Fsp3) is 0.560. The topological polar surface area (TPSA) is 146 Å². The summed E-state index contributed by atoms with van der Waals surface area (Å²) in [6.07, 6.45) is -1.97. The maximum Gasteiger partial charge on any atom is 0.389 e. The van der Waals surface area contributed by atoms with Crippen molar-refractivity contribution in [1.29, 1.82) is 0 Å². The van der Waals surface area contributed by atoms with E-state index in [0.29, 0.717) is 44.6 Å². The molecule has 1 aliphatic carbocycles. The van der Waals surface area contributed by atoms with E-state index in [1.165, 1.54) is 34.8 Å². The molecular weight excluding hydrogens is 553 g/mol. The van der Waals surface area contributed by atoms with Crippen LogP contribution in [0.3, 0.4) is 0 Å². The molecule has 1 aromatic carbocycles. The molecule has 2 fully saturated rings. The normalized spacial score (nSPS) is 20.6. The summed E-state index contributed by atoms with van der Waals surface area (Å²) in [4.78, 5) is 21.7. The molecule has 4 rings (SSSR count). The number of hydrogen-bond donors (Lipinski definition) is 4. The van der Waals surface area contributed by atoms with Crippen LogP contribution in [-0.4, -0.2) is 84.9 Å². The van der Waals surface area contributed by atoms with Crippen molar-refractivity contribution in [2.45, 2.75) is 61.7 Å². The number of nitrogens with one attached hydrogen (secondary N) is 3. The van der Waals surface area contributed by atoms with Crippen molar-refractivity contribution in [2.75, 3.05) is 48.8 Å². The lowest BCUT2D eigenvalue weighted by Crippen LogP contribution is -2.40. The van der Waals surface area contributed by atoms with Gasteiger partial charge in [0, 0.05) is 44.0 Å². The average molecular weight is 587 g/mol. The van der Waals surface area contributed by atoms with Gasteiger partial charge in [0.1, 0.15) is 11.4 Å². The molecule has 1 aromatic heterocycles. The number of morpholine rings is 1. The van der Waals surface area contributed by atoms with Crippen molar-refractivity contribution in [3.05, 3.63) is 36.0 Å². The first-order chi connectivity index (χ1) is 19.0. The van der Waals surface area contributed by atoms with Crippen molar-refractivity contribution >= 4 is 33.4 Å². The monoisotopic (exact) mass is 586 g/mol. The SMILES string of the molecule is O=C(Nc1ccc(S(=O)(=O)N2CCOCC2)cc1)c1cnc(NCCCC(F)(F)F)nc1N[C@H]1CC[C@H](O)CC1. The highest BCUT2D eigenvalue weighted by molar-refractivity contribution is 7.89. The zero-order valence-electron chi connectivity index (χ0n) is 21.8. The van der Waals surface area contributed by atoms with Gasteiger partial charge in [-0.3, -0.25) is 4.79 Å². The molecule has 1 saturated heterocycles. The molecule has 1 amide bonds. The molecule has 1 saturated carbocycles. The van der Waals surface area contributed by atoms with Gasteiger partial charge in [-0.25, -0.2) is 13.4 Å². The van der Waals surface area contributed by atoms with Crippen LogP contribution in [-0.2, 0) is 14.8 Å². The predicted octanol–water partition coefficient (Wildman–Crippen LogP) is 3.22. The molecule has 0 radical (unpaired) electrons. The van der Waals surface area contributed by atoms with Gasteiger partial charge in [0.05, 0.1) is 24.2 Å². The summed E-state index contributed by atoms with van der Waals surface area (Å²) in [7, 11) is -3.69. The van der Waals surface area contributed by atoms with Gasteiger partial charge in [-0.15, -0.1) is 0 Å². The number of halogens is 3. The number of aromatic nitrogens is 2. The van der Waals surface area contributed by atoms with E-state index in [9.17, 15) is 31.5 Å². The molecule has 2 aliphatic rings. The van der Waals surface area contributed by atoms with Crippen LogP contribution in [0.2, 0.25) is 0 Å². The van der Waals surface area contributed by atoms with Crippen LogP contribution in [0.4, 0.5) is 30.6 Å². The minimum absolute atomic E-state index is 0.000175. The summed E-state index contributed by atoms with van der Waals surface area (Å²) in [5.74, 6) is -0.265. The number of aliphatic hydroxyl groups is 1. The lowest BCUT2D eigenvalue weighted by molar-refractivity contribution is -0.134. The predicted molar refractivity (Wildman–Crippen MR) is 142 cm³/mol. The minimum atomic E-state index is -4.26. The largest absolute Gasteiger partial charge is 0.393 e.